The molecule has 0 saturated carbocycles. The Morgan fingerprint density at radius 2 is 1.78 bits per heavy atom. The molecule has 0 aliphatic heterocycles. The number of hydrogen-bond acceptors (Lipinski definition) is 3. The Kier molecular flexibility index (Phi) is 2.91. The lowest BCUT2D eigenvalue weighted by Crippen LogP contribution is -2.15. The van der Waals surface area contributed by atoms with Gasteiger partial charge >= 0.3 is 0 Å². The number of nitrogens with two attached hydrogens (primary N) is 2. The van der Waals surface area contributed by atoms with E-state index < -0.39 is 0 Å². The molecule has 0 fully saturated rings. The van der Waals surface area contributed by atoms with Gasteiger partial charge in [-0.2, -0.15) is 0 Å². The summed E-state index contributed by atoms with van der Waals surface area (Å²) >= 11 is 0. The quantitative estimate of drug-likeness (QED) is 0.531. The van der Waals surface area contributed by atoms with E-state index in [0.717, 1.165) is 0 Å². The number of methoxy groups -OCH3 is 1. The van der Waals surface area contributed by atoms with Gasteiger partial charge in [-0.1, -0.05) is 13.8 Å². The van der Waals surface area contributed by atoms with Crippen molar-refractivity contribution in [3.05, 3.63) is 11.6 Å². The average Bonchev–Trinajstić information content (AvgIpc) is 1.84. The van der Waals surface area contributed by atoms with Gasteiger partial charge in [0, 0.05) is 0 Å². The molecule has 0 atom stereocenters. The van der Waals surface area contributed by atoms with Crippen molar-refractivity contribution in [1.29, 1.82) is 0 Å². The van der Waals surface area contributed by atoms with Gasteiger partial charge in [0.05, 0.1) is 12.8 Å². The summed E-state index contributed by atoms with van der Waals surface area (Å²) in [7, 11) is 1.50. The second-order valence-corrected chi connectivity index (χ2v) is 2.18. The van der Waals surface area contributed by atoms with Crippen molar-refractivity contribution in [3.63, 3.8) is 0 Å². The predicted molar refractivity (Wildman–Crippen MR) is 37.2 cm³/mol. The van der Waals surface area contributed by atoms with E-state index in [9.17, 15) is 0 Å². The summed E-state index contributed by atoms with van der Waals surface area (Å²) in [5.74, 6) is 0.579. The summed E-state index contributed by atoms with van der Waals surface area (Å²) in [5.41, 5.74) is 11.5. The molecule has 3 heteroatoms. The first-order valence-electron chi connectivity index (χ1n) is 2.88. The Bertz CT molecular complexity index is 118. The smallest absolute Gasteiger partial charge is 0.203 e. The fraction of sp³-hybridized carbons (Fsp3) is 0.667. The van der Waals surface area contributed by atoms with Crippen LogP contribution in [0.2, 0.25) is 0 Å². The SMILES string of the molecule is CO/C(N)=C(/N)C(C)C. The maximum Gasteiger partial charge on any atom is 0.203 e. The Morgan fingerprint density at radius 3 is 1.89 bits per heavy atom. The minimum atomic E-state index is 0.255. The van der Waals surface area contributed by atoms with Gasteiger partial charge in [-0.05, 0) is 5.92 Å². The maximum absolute atomic E-state index is 5.50. The normalized spacial score (nSPS) is 13.3. The highest BCUT2D eigenvalue weighted by Crippen LogP contribution is 2.04. The van der Waals surface area contributed by atoms with Gasteiger partial charge in [-0.3, -0.25) is 0 Å². The first kappa shape index (κ1) is 8.14. The highest BCUT2D eigenvalue weighted by Gasteiger charge is 2.01. The van der Waals surface area contributed by atoms with Crippen molar-refractivity contribution < 1.29 is 4.74 Å². The Hall–Kier alpha value is -0.860. The summed E-state index contributed by atoms with van der Waals surface area (Å²) in [6.07, 6.45) is 0. The number of allylic oxidation sites excluding steroid dienone is 1. The summed E-state index contributed by atoms with van der Waals surface area (Å²) in [4.78, 5) is 0. The van der Waals surface area contributed by atoms with Crippen molar-refractivity contribution >= 4 is 0 Å². The molecule has 0 aliphatic carbocycles. The van der Waals surface area contributed by atoms with E-state index in [0.29, 0.717) is 11.6 Å². The average molecular weight is 130 g/mol. The molecule has 4 N–H and O–H groups in total. The van der Waals surface area contributed by atoms with E-state index >= 15 is 0 Å². The Balaban J connectivity index is 4.10. The monoisotopic (exact) mass is 130 g/mol. The topological polar surface area (TPSA) is 61.3 Å². The van der Waals surface area contributed by atoms with Crippen LogP contribution in [0.3, 0.4) is 0 Å². The van der Waals surface area contributed by atoms with Crippen molar-refractivity contribution in [3.8, 4) is 0 Å². The van der Waals surface area contributed by atoms with E-state index in [1.54, 1.807) is 0 Å². The minimum absolute atomic E-state index is 0.255. The third-order valence-electron chi connectivity index (χ3n) is 1.13. The van der Waals surface area contributed by atoms with Crippen LogP contribution in [0.4, 0.5) is 0 Å². The van der Waals surface area contributed by atoms with Gasteiger partial charge in [0.25, 0.3) is 0 Å². The zero-order valence-electron chi connectivity index (χ0n) is 6.14. The van der Waals surface area contributed by atoms with Crippen LogP contribution >= 0.6 is 0 Å². The highest BCUT2D eigenvalue weighted by atomic mass is 16.5. The van der Waals surface area contributed by atoms with Gasteiger partial charge < -0.3 is 16.2 Å². The molecule has 0 saturated heterocycles. The van der Waals surface area contributed by atoms with E-state index in [-0.39, 0.29) is 5.92 Å². The second kappa shape index (κ2) is 3.22. The molecule has 54 valence electrons. The van der Waals surface area contributed by atoms with E-state index in [4.69, 9.17) is 16.2 Å². The molecule has 0 aromatic rings. The Morgan fingerprint density at radius 1 is 1.33 bits per heavy atom. The molecule has 9 heavy (non-hydrogen) atoms. The summed E-state index contributed by atoms with van der Waals surface area (Å²) in [6, 6.07) is 0. The van der Waals surface area contributed by atoms with E-state index in [1.165, 1.54) is 7.11 Å². The lowest BCUT2D eigenvalue weighted by atomic mass is 10.1. The minimum Gasteiger partial charge on any atom is -0.481 e. The van der Waals surface area contributed by atoms with Crippen LogP contribution in [0.5, 0.6) is 0 Å². The van der Waals surface area contributed by atoms with Crippen molar-refractivity contribution in [2.45, 2.75) is 13.8 Å². The molecule has 0 aliphatic rings. The van der Waals surface area contributed by atoms with Crippen molar-refractivity contribution in [2.75, 3.05) is 7.11 Å². The number of ether oxygens (including phenoxy) is 1. The highest BCUT2D eigenvalue weighted by molar-refractivity contribution is 5.02. The second-order valence-electron chi connectivity index (χ2n) is 2.18. The van der Waals surface area contributed by atoms with E-state index in [1.807, 2.05) is 13.8 Å². The standard InChI is InChI=1S/C6H14N2O/c1-4(2)5(7)6(8)9-3/h4H,7-8H2,1-3H3/b6-5+. The van der Waals surface area contributed by atoms with Crippen molar-refractivity contribution in [2.24, 2.45) is 17.4 Å². The Labute approximate surface area is 55.7 Å². The molecule has 0 aromatic carbocycles. The van der Waals surface area contributed by atoms with Gasteiger partial charge in [-0.15, -0.1) is 0 Å². The summed E-state index contributed by atoms with van der Waals surface area (Å²) in [5, 5.41) is 0. The zero-order chi connectivity index (χ0) is 7.44. The number of rotatable bonds is 2. The van der Waals surface area contributed by atoms with Gasteiger partial charge in [0.2, 0.25) is 5.88 Å². The van der Waals surface area contributed by atoms with Gasteiger partial charge in [0.1, 0.15) is 0 Å². The molecular formula is C6H14N2O. The van der Waals surface area contributed by atoms with Gasteiger partial charge in [-0.25, -0.2) is 0 Å². The molecule has 0 amide bonds. The lowest BCUT2D eigenvalue weighted by molar-refractivity contribution is 0.278. The molecule has 0 aromatic heterocycles. The van der Waals surface area contributed by atoms with Crippen LogP contribution in [-0.2, 0) is 4.74 Å². The van der Waals surface area contributed by atoms with Crippen LogP contribution in [0.15, 0.2) is 11.6 Å². The summed E-state index contributed by atoms with van der Waals surface area (Å²) in [6.45, 7) is 3.92. The van der Waals surface area contributed by atoms with Crippen LogP contribution in [-0.4, -0.2) is 7.11 Å². The third-order valence-corrected chi connectivity index (χ3v) is 1.13. The molecule has 0 rings (SSSR count). The molecule has 0 radical (unpaired) electrons. The first-order valence-corrected chi connectivity index (χ1v) is 2.88. The molecule has 0 bridgehead atoms. The van der Waals surface area contributed by atoms with Crippen LogP contribution in [0.1, 0.15) is 13.8 Å². The fourth-order valence-electron chi connectivity index (χ4n) is 0.402. The third kappa shape index (κ3) is 2.26. The molecule has 0 unspecified atom stereocenters. The predicted octanol–water partition coefficient (Wildman–Crippen LogP) is 0.375. The zero-order valence-corrected chi connectivity index (χ0v) is 6.14. The van der Waals surface area contributed by atoms with Crippen LogP contribution in [0, 0.1) is 5.92 Å². The largest absolute Gasteiger partial charge is 0.481 e. The fourth-order valence-corrected chi connectivity index (χ4v) is 0.402. The summed E-state index contributed by atoms with van der Waals surface area (Å²) < 4.78 is 4.71. The molecule has 0 spiro atoms. The maximum atomic E-state index is 5.50. The molecular weight excluding hydrogens is 116 g/mol. The van der Waals surface area contributed by atoms with Gasteiger partial charge in [0.15, 0.2) is 0 Å². The van der Waals surface area contributed by atoms with Crippen molar-refractivity contribution in [1.82, 2.24) is 0 Å². The first-order chi connectivity index (χ1) is 4.09. The van der Waals surface area contributed by atoms with Crippen LogP contribution < -0.4 is 11.5 Å². The van der Waals surface area contributed by atoms with Crippen LogP contribution in [0.25, 0.3) is 0 Å². The molecule has 0 heterocycles. The van der Waals surface area contributed by atoms with E-state index in [2.05, 4.69) is 0 Å². The molecule has 3 nitrogen and oxygen atoms in total. The number of hydrogen-bond donors (Lipinski definition) is 2. The lowest BCUT2D eigenvalue weighted by Gasteiger charge is -2.07.